The molecule has 1 aromatic rings. The van der Waals surface area contributed by atoms with Crippen LogP contribution in [0.1, 0.15) is 27.2 Å². The van der Waals surface area contributed by atoms with Crippen molar-refractivity contribution in [2.75, 3.05) is 13.1 Å². The van der Waals surface area contributed by atoms with Gasteiger partial charge in [0.25, 0.3) is 0 Å². The number of nitrogens with zero attached hydrogens (tertiary/aromatic N) is 1. The summed E-state index contributed by atoms with van der Waals surface area (Å²) >= 11 is 3.03. The van der Waals surface area contributed by atoms with Gasteiger partial charge in [0.1, 0.15) is 5.82 Å². The van der Waals surface area contributed by atoms with Crippen LogP contribution in [-0.2, 0) is 10.0 Å². The van der Waals surface area contributed by atoms with Crippen LogP contribution in [0.15, 0.2) is 39.2 Å². The molecule has 2 rings (SSSR count). The fourth-order valence-electron chi connectivity index (χ4n) is 2.34. The van der Waals surface area contributed by atoms with Crippen molar-refractivity contribution in [2.24, 2.45) is 5.41 Å². The molecule has 6 heteroatoms. The summed E-state index contributed by atoms with van der Waals surface area (Å²) in [6.45, 7) is 7.13. The van der Waals surface area contributed by atoms with E-state index < -0.39 is 15.8 Å². The van der Waals surface area contributed by atoms with E-state index in [0.717, 1.165) is 6.07 Å². The van der Waals surface area contributed by atoms with Gasteiger partial charge in [0.05, 0.1) is 9.37 Å². The molecule has 0 atom stereocenters. The van der Waals surface area contributed by atoms with Crippen LogP contribution in [0.3, 0.4) is 0 Å². The highest BCUT2D eigenvalue weighted by Crippen LogP contribution is 2.32. The van der Waals surface area contributed by atoms with E-state index in [0.29, 0.717) is 19.5 Å². The van der Waals surface area contributed by atoms with Gasteiger partial charge in [-0.3, -0.25) is 0 Å². The highest BCUT2D eigenvalue weighted by molar-refractivity contribution is 9.10. The maximum atomic E-state index is 13.6. The maximum absolute atomic E-state index is 13.6. The Labute approximate surface area is 134 Å². The third-order valence-corrected chi connectivity index (χ3v) is 6.17. The molecule has 0 aromatic heterocycles. The second-order valence-electron chi connectivity index (χ2n) is 6.17. The number of sulfonamides is 1. The molecule has 3 nitrogen and oxygen atoms in total. The predicted molar refractivity (Wildman–Crippen MR) is 85.0 cm³/mol. The van der Waals surface area contributed by atoms with Crippen molar-refractivity contribution in [3.63, 3.8) is 0 Å². The SMILES string of the molecule is CC(C)(C)C1=CCN(S(=O)(=O)c2ccc(Br)c(F)c2)CC1. The van der Waals surface area contributed by atoms with Gasteiger partial charge < -0.3 is 0 Å². The standard InChI is InChI=1S/C15H19BrFNO2S/c1-15(2,3)11-6-8-18(9-7-11)21(19,20)12-4-5-13(16)14(17)10-12/h4-6,10H,7-9H2,1-3H3. The summed E-state index contributed by atoms with van der Waals surface area (Å²) in [6.07, 6.45) is 2.68. The van der Waals surface area contributed by atoms with Gasteiger partial charge in [0.2, 0.25) is 10.0 Å². The highest BCUT2D eigenvalue weighted by atomic mass is 79.9. The van der Waals surface area contributed by atoms with Gasteiger partial charge in [-0.2, -0.15) is 4.31 Å². The first-order chi connectivity index (χ1) is 9.62. The van der Waals surface area contributed by atoms with E-state index in [-0.39, 0.29) is 14.8 Å². The number of hydrogen-bond acceptors (Lipinski definition) is 2. The first kappa shape index (κ1) is 16.6. The molecule has 0 bridgehead atoms. The Morgan fingerprint density at radius 3 is 2.43 bits per heavy atom. The molecule has 0 unspecified atom stereocenters. The fourth-order valence-corrected chi connectivity index (χ4v) is 3.98. The molecule has 0 spiro atoms. The van der Waals surface area contributed by atoms with Crippen LogP contribution in [0, 0.1) is 11.2 Å². The van der Waals surface area contributed by atoms with Crippen LogP contribution in [0.2, 0.25) is 0 Å². The molecule has 0 N–H and O–H groups in total. The number of halogens is 2. The summed E-state index contributed by atoms with van der Waals surface area (Å²) < 4.78 is 40.2. The lowest BCUT2D eigenvalue weighted by Crippen LogP contribution is -2.36. The smallest absolute Gasteiger partial charge is 0.207 e. The average Bonchev–Trinajstić information content (AvgIpc) is 2.41. The van der Waals surface area contributed by atoms with Crippen molar-refractivity contribution in [1.82, 2.24) is 4.31 Å². The van der Waals surface area contributed by atoms with Crippen LogP contribution >= 0.6 is 15.9 Å². The molecule has 116 valence electrons. The molecule has 0 saturated heterocycles. The first-order valence-corrected chi connectivity index (χ1v) is 9.00. The summed E-state index contributed by atoms with van der Waals surface area (Å²) in [7, 11) is -3.64. The van der Waals surface area contributed by atoms with Crippen LogP contribution < -0.4 is 0 Å². The summed E-state index contributed by atoms with van der Waals surface area (Å²) in [5.41, 5.74) is 1.32. The minimum absolute atomic E-state index is 0.00388. The van der Waals surface area contributed by atoms with Crippen LogP contribution in [0.25, 0.3) is 0 Å². The molecule has 21 heavy (non-hydrogen) atoms. The van der Waals surface area contributed by atoms with Gasteiger partial charge in [-0.1, -0.05) is 32.4 Å². The topological polar surface area (TPSA) is 37.4 Å². The molecule has 1 heterocycles. The highest BCUT2D eigenvalue weighted by Gasteiger charge is 2.29. The summed E-state index contributed by atoms with van der Waals surface area (Å²) in [6, 6.07) is 3.90. The molecule has 0 radical (unpaired) electrons. The summed E-state index contributed by atoms with van der Waals surface area (Å²) in [5.74, 6) is -0.570. The zero-order chi connectivity index (χ0) is 15.8. The fraction of sp³-hybridized carbons (Fsp3) is 0.467. The van der Waals surface area contributed by atoms with Crippen molar-refractivity contribution < 1.29 is 12.8 Å². The lowest BCUT2D eigenvalue weighted by atomic mass is 9.83. The van der Waals surface area contributed by atoms with Crippen LogP contribution in [-0.4, -0.2) is 25.8 Å². The van der Waals surface area contributed by atoms with Crippen LogP contribution in [0.4, 0.5) is 4.39 Å². The van der Waals surface area contributed by atoms with E-state index in [2.05, 4.69) is 36.7 Å². The quantitative estimate of drug-likeness (QED) is 0.733. The molecule has 0 amide bonds. The van der Waals surface area contributed by atoms with Crippen molar-refractivity contribution >= 4 is 26.0 Å². The lowest BCUT2D eigenvalue weighted by Gasteiger charge is -2.31. The zero-order valence-corrected chi connectivity index (χ0v) is 14.8. The zero-order valence-electron chi connectivity index (χ0n) is 12.4. The number of benzene rings is 1. The van der Waals surface area contributed by atoms with Gasteiger partial charge in [0.15, 0.2) is 0 Å². The normalized spacial score (nSPS) is 17.7. The van der Waals surface area contributed by atoms with Crippen molar-refractivity contribution in [3.8, 4) is 0 Å². The van der Waals surface area contributed by atoms with E-state index in [4.69, 9.17) is 0 Å². The molecular formula is C15H19BrFNO2S. The molecule has 0 aliphatic carbocycles. The second-order valence-corrected chi connectivity index (χ2v) is 8.96. The molecule has 1 aromatic carbocycles. The minimum Gasteiger partial charge on any atom is -0.207 e. The third kappa shape index (κ3) is 3.55. The Morgan fingerprint density at radius 2 is 1.95 bits per heavy atom. The first-order valence-electron chi connectivity index (χ1n) is 6.77. The average molecular weight is 376 g/mol. The van der Waals surface area contributed by atoms with Crippen LogP contribution in [0.5, 0.6) is 0 Å². The van der Waals surface area contributed by atoms with Crippen molar-refractivity contribution in [3.05, 3.63) is 40.1 Å². The maximum Gasteiger partial charge on any atom is 0.243 e. The Balaban J connectivity index is 2.26. The molecular weight excluding hydrogens is 357 g/mol. The van der Waals surface area contributed by atoms with E-state index >= 15 is 0 Å². The van der Waals surface area contributed by atoms with Crippen molar-refractivity contribution in [2.45, 2.75) is 32.1 Å². The van der Waals surface area contributed by atoms with E-state index in [1.54, 1.807) is 0 Å². The Hall–Kier alpha value is -0.720. The third-order valence-electron chi connectivity index (χ3n) is 3.66. The Morgan fingerprint density at radius 1 is 1.29 bits per heavy atom. The van der Waals surface area contributed by atoms with Gasteiger partial charge in [-0.15, -0.1) is 0 Å². The van der Waals surface area contributed by atoms with E-state index in [1.807, 2.05) is 6.08 Å². The second kappa shape index (κ2) is 5.82. The lowest BCUT2D eigenvalue weighted by molar-refractivity contribution is 0.389. The Bertz CT molecular complexity index is 677. The van der Waals surface area contributed by atoms with Crippen molar-refractivity contribution in [1.29, 1.82) is 0 Å². The van der Waals surface area contributed by atoms with Gasteiger partial charge in [-0.05, 0) is 46.0 Å². The number of rotatable bonds is 2. The number of hydrogen-bond donors (Lipinski definition) is 0. The summed E-state index contributed by atoms with van der Waals surface area (Å²) in [4.78, 5) is -0.00388. The predicted octanol–water partition coefficient (Wildman–Crippen LogP) is 3.96. The molecule has 1 aliphatic rings. The van der Waals surface area contributed by atoms with E-state index in [1.165, 1.54) is 22.0 Å². The minimum atomic E-state index is -3.64. The molecule has 1 aliphatic heterocycles. The van der Waals surface area contributed by atoms with E-state index in [9.17, 15) is 12.8 Å². The van der Waals surface area contributed by atoms with Gasteiger partial charge in [-0.25, -0.2) is 12.8 Å². The molecule has 0 fully saturated rings. The largest absolute Gasteiger partial charge is 0.243 e. The summed E-state index contributed by atoms with van der Waals surface area (Å²) in [5, 5.41) is 0. The monoisotopic (exact) mass is 375 g/mol. The Kier molecular flexibility index (Phi) is 4.61. The van der Waals surface area contributed by atoms with Gasteiger partial charge >= 0.3 is 0 Å². The van der Waals surface area contributed by atoms with Gasteiger partial charge in [0, 0.05) is 13.1 Å². The molecule has 0 saturated carbocycles.